The minimum absolute atomic E-state index is 0.00156. The molecule has 0 aliphatic carbocycles. The first-order chi connectivity index (χ1) is 12.0. The van der Waals surface area contributed by atoms with Gasteiger partial charge in [-0.3, -0.25) is 9.78 Å². The van der Waals surface area contributed by atoms with Crippen LogP contribution in [0.2, 0.25) is 0 Å². The van der Waals surface area contributed by atoms with Gasteiger partial charge in [-0.25, -0.2) is 13.3 Å². The summed E-state index contributed by atoms with van der Waals surface area (Å²) in [6, 6.07) is 5.30. The summed E-state index contributed by atoms with van der Waals surface area (Å²) in [5, 5.41) is 0. The number of carbonyl (C=O) groups excluding carboxylic acids is 1. The Hall–Kier alpha value is -2.12. The smallest absolute Gasteiger partial charge is 0.227 e. The number of halogens is 1. The highest BCUT2D eigenvalue weighted by Crippen LogP contribution is 2.34. The standard InChI is InChI=1S/C18H20FN3O2S/c1-3-25(24)21-10-12-8-13(11-20-9-12)14-4-6-16-15(18(14)19)5-7-17(23)22(16)2/h4,6,8-9,11,21H,3,5,7,10H2,1-2H3. The van der Waals surface area contributed by atoms with Gasteiger partial charge in [0.15, 0.2) is 0 Å². The van der Waals surface area contributed by atoms with Crippen molar-refractivity contribution in [3.63, 3.8) is 0 Å². The summed E-state index contributed by atoms with van der Waals surface area (Å²) in [5.74, 6) is 0.220. The van der Waals surface area contributed by atoms with Crippen molar-refractivity contribution in [2.45, 2.75) is 26.3 Å². The Morgan fingerprint density at radius 2 is 2.12 bits per heavy atom. The Morgan fingerprint density at radius 3 is 2.88 bits per heavy atom. The van der Waals surface area contributed by atoms with Crippen LogP contribution in [0.5, 0.6) is 0 Å². The minimum atomic E-state index is -1.08. The fraction of sp³-hybridized carbons (Fsp3) is 0.333. The van der Waals surface area contributed by atoms with Gasteiger partial charge in [0.2, 0.25) is 5.91 Å². The van der Waals surface area contributed by atoms with Gasteiger partial charge in [0.05, 0.1) is 11.0 Å². The lowest BCUT2D eigenvalue weighted by Crippen LogP contribution is -2.31. The third kappa shape index (κ3) is 3.62. The SMILES string of the molecule is CCS(=O)NCc1cncc(-c2ccc3c(c2F)CCC(=O)N3C)c1. The molecule has 1 amide bonds. The molecule has 2 heterocycles. The first-order valence-corrected chi connectivity index (χ1v) is 9.47. The van der Waals surface area contributed by atoms with Crippen molar-refractivity contribution in [1.29, 1.82) is 0 Å². The monoisotopic (exact) mass is 361 g/mol. The summed E-state index contributed by atoms with van der Waals surface area (Å²) < 4.78 is 29.4. The van der Waals surface area contributed by atoms with Crippen molar-refractivity contribution in [2.75, 3.05) is 17.7 Å². The van der Waals surface area contributed by atoms with Gasteiger partial charge in [-0.15, -0.1) is 0 Å². The zero-order chi connectivity index (χ0) is 18.0. The number of fused-ring (bicyclic) bond motifs is 1. The number of aromatic nitrogens is 1. The van der Waals surface area contributed by atoms with E-state index in [0.29, 0.717) is 47.5 Å². The predicted octanol–water partition coefficient (Wildman–Crippen LogP) is 2.57. The first-order valence-electron chi connectivity index (χ1n) is 8.15. The van der Waals surface area contributed by atoms with E-state index in [0.717, 1.165) is 5.56 Å². The Bertz CT molecular complexity index is 841. The van der Waals surface area contributed by atoms with Gasteiger partial charge in [0.1, 0.15) is 5.82 Å². The molecular formula is C18H20FN3O2S. The maximum absolute atomic E-state index is 15.0. The summed E-state index contributed by atoms with van der Waals surface area (Å²) in [6.45, 7) is 2.24. The third-order valence-corrected chi connectivity index (χ3v) is 5.34. The van der Waals surface area contributed by atoms with E-state index in [9.17, 15) is 9.00 Å². The van der Waals surface area contributed by atoms with Crippen molar-refractivity contribution in [1.82, 2.24) is 9.71 Å². The third-order valence-electron chi connectivity index (χ3n) is 4.35. The summed E-state index contributed by atoms with van der Waals surface area (Å²) >= 11 is 0. The number of anilines is 1. The molecule has 0 radical (unpaired) electrons. The van der Waals surface area contributed by atoms with Crippen LogP contribution in [0.3, 0.4) is 0 Å². The van der Waals surface area contributed by atoms with Crippen LogP contribution in [-0.2, 0) is 28.7 Å². The summed E-state index contributed by atoms with van der Waals surface area (Å²) in [6.07, 6.45) is 4.01. The Morgan fingerprint density at radius 1 is 1.32 bits per heavy atom. The summed E-state index contributed by atoms with van der Waals surface area (Å²) in [7, 11) is 0.586. The average Bonchev–Trinajstić information content (AvgIpc) is 2.63. The van der Waals surface area contributed by atoms with Crippen LogP contribution in [0, 0.1) is 5.82 Å². The fourth-order valence-corrected chi connectivity index (χ4v) is 3.45. The average molecular weight is 361 g/mol. The zero-order valence-corrected chi connectivity index (χ0v) is 15.0. The van der Waals surface area contributed by atoms with Crippen LogP contribution < -0.4 is 9.62 Å². The number of carbonyl (C=O) groups is 1. The second kappa shape index (κ2) is 7.41. The van der Waals surface area contributed by atoms with E-state index >= 15 is 4.39 Å². The van der Waals surface area contributed by atoms with E-state index in [-0.39, 0.29) is 11.7 Å². The van der Waals surface area contributed by atoms with Crippen LogP contribution in [-0.4, -0.2) is 27.9 Å². The molecule has 1 N–H and O–H groups in total. The van der Waals surface area contributed by atoms with Crippen molar-refractivity contribution >= 4 is 22.6 Å². The van der Waals surface area contributed by atoms with Crippen LogP contribution in [0.15, 0.2) is 30.6 Å². The minimum Gasteiger partial charge on any atom is -0.315 e. The first kappa shape index (κ1) is 17.7. The number of benzene rings is 1. The lowest BCUT2D eigenvalue weighted by Gasteiger charge is -2.26. The molecule has 5 nitrogen and oxygen atoms in total. The van der Waals surface area contributed by atoms with Gasteiger partial charge in [0.25, 0.3) is 0 Å². The number of nitrogens with one attached hydrogen (secondary N) is 1. The molecule has 0 spiro atoms. The van der Waals surface area contributed by atoms with E-state index in [4.69, 9.17) is 0 Å². The molecular weight excluding hydrogens is 341 g/mol. The molecule has 0 bridgehead atoms. The molecule has 2 aromatic rings. The van der Waals surface area contributed by atoms with Gasteiger partial charge in [0, 0.05) is 60.5 Å². The Kier molecular flexibility index (Phi) is 5.24. The van der Waals surface area contributed by atoms with E-state index in [2.05, 4.69) is 9.71 Å². The van der Waals surface area contributed by atoms with Crippen LogP contribution in [0.25, 0.3) is 11.1 Å². The molecule has 132 valence electrons. The molecule has 1 aliphatic heterocycles. The molecule has 1 aliphatic rings. The van der Waals surface area contributed by atoms with Gasteiger partial charge in [-0.1, -0.05) is 6.92 Å². The van der Waals surface area contributed by atoms with Gasteiger partial charge in [-0.05, 0) is 30.2 Å². The fourth-order valence-electron chi connectivity index (χ4n) is 2.92. The molecule has 0 saturated carbocycles. The number of nitrogens with zero attached hydrogens (tertiary/aromatic N) is 2. The van der Waals surface area contributed by atoms with Crippen molar-refractivity contribution in [3.05, 3.63) is 47.5 Å². The number of hydrogen-bond acceptors (Lipinski definition) is 3. The van der Waals surface area contributed by atoms with Crippen LogP contribution in [0.4, 0.5) is 10.1 Å². The van der Waals surface area contributed by atoms with E-state index in [1.807, 2.05) is 13.0 Å². The molecule has 1 aromatic carbocycles. The molecule has 0 saturated heterocycles. The number of pyridine rings is 1. The van der Waals surface area contributed by atoms with Gasteiger partial charge < -0.3 is 4.90 Å². The van der Waals surface area contributed by atoms with Crippen LogP contribution >= 0.6 is 0 Å². The molecule has 0 fully saturated rings. The number of amides is 1. The number of rotatable bonds is 5. The lowest BCUT2D eigenvalue weighted by atomic mass is 9.95. The van der Waals surface area contributed by atoms with E-state index < -0.39 is 11.0 Å². The quantitative estimate of drug-likeness (QED) is 0.890. The highest BCUT2D eigenvalue weighted by molar-refractivity contribution is 7.82. The molecule has 1 aromatic heterocycles. The Labute approximate surface area is 148 Å². The normalized spacial score (nSPS) is 15.2. The number of hydrogen-bond donors (Lipinski definition) is 1. The van der Waals surface area contributed by atoms with Gasteiger partial charge in [-0.2, -0.15) is 0 Å². The summed E-state index contributed by atoms with van der Waals surface area (Å²) in [5.41, 5.74) is 3.16. The zero-order valence-electron chi connectivity index (χ0n) is 14.2. The highest BCUT2D eigenvalue weighted by Gasteiger charge is 2.25. The molecule has 1 unspecified atom stereocenters. The second-order valence-electron chi connectivity index (χ2n) is 5.91. The van der Waals surface area contributed by atoms with Crippen LogP contribution in [0.1, 0.15) is 24.5 Å². The Balaban J connectivity index is 1.92. The van der Waals surface area contributed by atoms with Crippen molar-refractivity contribution < 1.29 is 13.4 Å². The highest BCUT2D eigenvalue weighted by atomic mass is 32.2. The molecule has 3 rings (SSSR count). The van der Waals surface area contributed by atoms with E-state index in [1.165, 1.54) is 4.90 Å². The van der Waals surface area contributed by atoms with Gasteiger partial charge >= 0.3 is 0 Å². The van der Waals surface area contributed by atoms with E-state index in [1.54, 1.807) is 31.6 Å². The maximum atomic E-state index is 15.0. The molecule has 7 heteroatoms. The van der Waals surface area contributed by atoms with Crippen molar-refractivity contribution in [2.24, 2.45) is 0 Å². The maximum Gasteiger partial charge on any atom is 0.227 e. The molecule has 25 heavy (non-hydrogen) atoms. The topological polar surface area (TPSA) is 62.3 Å². The summed E-state index contributed by atoms with van der Waals surface area (Å²) in [4.78, 5) is 17.5. The molecule has 1 atom stereocenters. The lowest BCUT2D eigenvalue weighted by molar-refractivity contribution is -0.118. The largest absolute Gasteiger partial charge is 0.315 e. The van der Waals surface area contributed by atoms with Crippen molar-refractivity contribution in [3.8, 4) is 11.1 Å². The second-order valence-corrected chi connectivity index (χ2v) is 7.47. The predicted molar refractivity (Wildman–Crippen MR) is 96.9 cm³/mol.